The number of rotatable bonds is 4. The second kappa shape index (κ2) is 4.71. The first kappa shape index (κ1) is 11.2. The Morgan fingerprint density at radius 2 is 2.29 bits per heavy atom. The summed E-state index contributed by atoms with van der Waals surface area (Å²) < 4.78 is 5.00. The van der Waals surface area contributed by atoms with E-state index in [4.69, 9.17) is 10.3 Å². The van der Waals surface area contributed by atoms with Crippen LogP contribution in [0.3, 0.4) is 0 Å². The van der Waals surface area contributed by atoms with Crippen molar-refractivity contribution in [2.24, 2.45) is 5.73 Å². The first-order valence-electron chi connectivity index (χ1n) is 4.98. The first-order chi connectivity index (χ1) is 8.20. The van der Waals surface area contributed by atoms with Crippen LogP contribution in [-0.4, -0.2) is 21.6 Å². The highest BCUT2D eigenvalue weighted by atomic mass is 16.6. The minimum atomic E-state index is -0.472. The molecule has 17 heavy (non-hydrogen) atoms. The van der Waals surface area contributed by atoms with Crippen molar-refractivity contribution in [3.8, 4) is 11.5 Å². The SMILES string of the molecule is NCCc1noc(-c2cccc([N+](=O)[O-])c2)n1. The maximum absolute atomic E-state index is 10.6. The molecule has 0 spiro atoms. The molecular weight excluding hydrogens is 224 g/mol. The molecule has 0 saturated carbocycles. The summed E-state index contributed by atoms with van der Waals surface area (Å²) in [5.41, 5.74) is 5.87. The van der Waals surface area contributed by atoms with Gasteiger partial charge >= 0.3 is 0 Å². The highest BCUT2D eigenvalue weighted by Crippen LogP contribution is 2.22. The van der Waals surface area contributed by atoms with Crippen molar-refractivity contribution in [1.29, 1.82) is 0 Å². The normalized spacial score (nSPS) is 10.4. The van der Waals surface area contributed by atoms with Gasteiger partial charge in [-0.1, -0.05) is 11.2 Å². The fourth-order valence-electron chi connectivity index (χ4n) is 1.35. The minimum Gasteiger partial charge on any atom is -0.334 e. The summed E-state index contributed by atoms with van der Waals surface area (Å²) in [5, 5.41) is 14.3. The number of hydrogen-bond donors (Lipinski definition) is 1. The summed E-state index contributed by atoms with van der Waals surface area (Å²) in [6.07, 6.45) is 0.512. The van der Waals surface area contributed by atoms with Gasteiger partial charge < -0.3 is 10.3 Å². The van der Waals surface area contributed by atoms with Crippen molar-refractivity contribution in [1.82, 2.24) is 10.1 Å². The first-order valence-corrected chi connectivity index (χ1v) is 4.98. The Labute approximate surface area is 96.4 Å². The number of hydrogen-bond acceptors (Lipinski definition) is 6. The predicted octanol–water partition coefficient (Wildman–Crippen LogP) is 1.15. The molecule has 7 heteroatoms. The quantitative estimate of drug-likeness (QED) is 0.627. The molecule has 88 valence electrons. The van der Waals surface area contributed by atoms with Crippen LogP contribution in [0.2, 0.25) is 0 Å². The topological polar surface area (TPSA) is 108 Å². The Hall–Kier alpha value is -2.28. The molecule has 1 heterocycles. The average molecular weight is 234 g/mol. The monoisotopic (exact) mass is 234 g/mol. The molecule has 0 amide bonds. The zero-order valence-electron chi connectivity index (χ0n) is 8.87. The van der Waals surface area contributed by atoms with Gasteiger partial charge in [0.2, 0.25) is 0 Å². The van der Waals surface area contributed by atoms with Crippen LogP contribution in [0.15, 0.2) is 28.8 Å². The van der Waals surface area contributed by atoms with Crippen molar-refractivity contribution in [2.45, 2.75) is 6.42 Å². The molecule has 2 N–H and O–H groups in total. The molecule has 1 aromatic heterocycles. The minimum absolute atomic E-state index is 0.0129. The van der Waals surface area contributed by atoms with E-state index in [0.717, 1.165) is 0 Å². The third kappa shape index (κ3) is 2.45. The number of aromatic nitrogens is 2. The third-order valence-electron chi connectivity index (χ3n) is 2.14. The molecule has 0 aliphatic carbocycles. The molecular formula is C10H10N4O3. The van der Waals surface area contributed by atoms with Crippen LogP contribution in [0.1, 0.15) is 5.82 Å². The summed E-state index contributed by atoms with van der Waals surface area (Å²) in [6, 6.07) is 6.04. The molecule has 0 radical (unpaired) electrons. The number of nitro groups is 1. The molecule has 0 aliphatic rings. The largest absolute Gasteiger partial charge is 0.334 e. The molecule has 2 aromatic rings. The zero-order valence-corrected chi connectivity index (χ0v) is 8.87. The second-order valence-corrected chi connectivity index (χ2v) is 3.36. The van der Waals surface area contributed by atoms with Gasteiger partial charge in [0.1, 0.15) is 0 Å². The highest BCUT2D eigenvalue weighted by Gasteiger charge is 2.12. The molecule has 0 unspecified atom stereocenters. The molecule has 0 aliphatic heterocycles. The van der Waals surface area contributed by atoms with E-state index in [1.807, 2.05) is 0 Å². The summed E-state index contributed by atoms with van der Waals surface area (Å²) in [4.78, 5) is 14.2. The lowest BCUT2D eigenvalue weighted by molar-refractivity contribution is -0.384. The number of benzene rings is 1. The Balaban J connectivity index is 2.32. The fourth-order valence-corrected chi connectivity index (χ4v) is 1.35. The lowest BCUT2D eigenvalue weighted by Gasteiger charge is -1.94. The van der Waals surface area contributed by atoms with Gasteiger partial charge in [0.25, 0.3) is 11.6 Å². The van der Waals surface area contributed by atoms with E-state index in [0.29, 0.717) is 24.4 Å². The van der Waals surface area contributed by atoms with Crippen LogP contribution in [0.4, 0.5) is 5.69 Å². The maximum atomic E-state index is 10.6. The highest BCUT2D eigenvalue weighted by molar-refractivity contribution is 5.57. The van der Waals surface area contributed by atoms with Gasteiger partial charge in [-0.05, 0) is 12.6 Å². The van der Waals surface area contributed by atoms with Crippen molar-refractivity contribution >= 4 is 5.69 Å². The van der Waals surface area contributed by atoms with E-state index in [-0.39, 0.29) is 11.6 Å². The average Bonchev–Trinajstić information content (AvgIpc) is 2.78. The lowest BCUT2D eigenvalue weighted by Crippen LogP contribution is -2.03. The number of non-ortho nitro benzene ring substituents is 1. The number of nitrogens with two attached hydrogens (primary N) is 1. The van der Waals surface area contributed by atoms with Crippen molar-refractivity contribution < 1.29 is 9.45 Å². The summed E-state index contributed by atoms with van der Waals surface area (Å²) >= 11 is 0. The number of nitrogens with zero attached hydrogens (tertiary/aromatic N) is 3. The van der Waals surface area contributed by atoms with Gasteiger partial charge in [-0.15, -0.1) is 0 Å². The number of nitro benzene ring substituents is 1. The Bertz CT molecular complexity index is 538. The van der Waals surface area contributed by atoms with Gasteiger partial charge in [0, 0.05) is 24.1 Å². The van der Waals surface area contributed by atoms with Crippen LogP contribution < -0.4 is 5.73 Å². The maximum Gasteiger partial charge on any atom is 0.270 e. The predicted molar refractivity (Wildman–Crippen MR) is 59.1 cm³/mol. The zero-order chi connectivity index (χ0) is 12.3. The Morgan fingerprint density at radius 3 is 3.00 bits per heavy atom. The molecule has 0 atom stereocenters. The van der Waals surface area contributed by atoms with E-state index >= 15 is 0 Å². The smallest absolute Gasteiger partial charge is 0.270 e. The van der Waals surface area contributed by atoms with Crippen molar-refractivity contribution in [3.63, 3.8) is 0 Å². The Kier molecular flexibility index (Phi) is 3.10. The second-order valence-electron chi connectivity index (χ2n) is 3.36. The van der Waals surface area contributed by atoms with Crippen LogP contribution in [-0.2, 0) is 6.42 Å². The lowest BCUT2D eigenvalue weighted by atomic mass is 10.2. The summed E-state index contributed by atoms with van der Waals surface area (Å²) in [6.45, 7) is 0.425. The van der Waals surface area contributed by atoms with E-state index in [1.165, 1.54) is 12.1 Å². The van der Waals surface area contributed by atoms with E-state index in [1.54, 1.807) is 12.1 Å². The molecule has 0 fully saturated rings. The summed E-state index contributed by atoms with van der Waals surface area (Å²) in [7, 11) is 0. The summed E-state index contributed by atoms with van der Waals surface area (Å²) in [5.74, 6) is 0.756. The van der Waals surface area contributed by atoms with Crippen LogP contribution in [0, 0.1) is 10.1 Å². The van der Waals surface area contributed by atoms with Crippen LogP contribution in [0.5, 0.6) is 0 Å². The molecule has 0 saturated heterocycles. The molecule has 0 bridgehead atoms. The van der Waals surface area contributed by atoms with Crippen molar-refractivity contribution in [3.05, 3.63) is 40.2 Å². The molecule has 1 aromatic carbocycles. The van der Waals surface area contributed by atoms with Gasteiger partial charge in [-0.3, -0.25) is 10.1 Å². The Morgan fingerprint density at radius 1 is 1.47 bits per heavy atom. The standard InChI is InChI=1S/C10H10N4O3/c11-5-4-9-12-10(17-13-9)7-2-1-3-8(6-7)14(15)16/h1-3,6H,4-5,11H2. The van der Waals surface area contributed by atoms with E-state index < -0.39 is 4.92 Å². The van der Waals surface area contributed by atoms with E-state index in [2.05, 4.69) is 10.1 Å². The molecule has 7 nitrogen and oxygen atoms in total. The fraction of sp³-hybridized carbons (Fsp3) is 0.200. The van der Waals surface area contributed by atoms with Crippen LogP contribution >= 0.6 is 0 Å². The van der Waals surface area contributed by atoms with Gasteiger partial charge in [0.15, 0.2) is 5.82 Å². The van der Waals surface area contributed by atoms with Gasteiger partial charge in [-0.25, -0.2) is 0 Å². The molecule has 2 rings (SSSR count). The van der Waals surface area contributed by atoms with Crippen molar-refractivity contribution in [2.75, 3.05) is 6.54 Å². The van der Waals surface area contributed by atoms with Gasteiger partial charge in [-0.2, -0.15) is 4.98 Å². The van der Waals surface area contributed by atoms with Gasteiger partial charge in [0.05, 0.1) is 4.92 Å². The third-order valence-corrected chi connectivity index (χ3v) is 2.14. The van der Waals surface area contributed by atoms with E-state index in [9.17, 15) is 10.1 Å². The van der Waals surface area contributed by atoms with Crippen LogP contribution in [0.25, 0.3) is 11.5 Å².